The maximum Gasteiger partial charge on any atom is 0.217 e. The second kappa shape index (κ2) is 4.38. The van der Waals surface area contributed by atoms with Crippen LogP contribution >= 0.6 is 0 Å². The van der Waals surface area contributed by atoms with E-state index in [1.165, 1.54) is 19.3 Å². The summed E-state index contributed by atoms with van der Waals surface area (Å²) in [6.45, 7) is 2.29. The highest BCUT2D eigenvalue weighted by atomic mass is 16.1. The highest BCUT2D eigenvalue weighted by Gasteiger charge is 2.42. The Balaban J connectivity index is 1.86. The van der Waals surface area contributed by atoms with Crippen molar-refractivity contribution in [2.45, 2.75) is 39.0 Å². The van der Waals surface area contributed by atoms with Gasteiger partial charge in [0.25, 0.3) is 0 Å². The Bertz CT molecular complexity index is 272. The number of primary amides is 1. The van der Waals surface area contributed by atoms with Crippen LogP contribution < -0.4 is 5.73 Å². The van der Waals surface area contributed by atoms with Crippen LogP contribution in [0.15, 0.2) is 12.2 Å². The fourth-order valence-electron chi connectivity index (χ4n) is 3.57. The molecule has 2 nitrogen and oxygen atoms in total. The van der Waals surface area contributed by atoms with Gasteiger partial charge in [0.2, 0.25) is 5.91 Å². The fraction of sp³-hybridized carbons (Fsp3) is 0.769. The van der Waals surface area contributed by atoms with Gasteiger partial charge in [0, 0.05) is 6.42 Å². The average molecular weight is 207 g/mol. The second-order valence-electron chi connectivity index (χ2n) is 5.04. The van der Waals surface area contributed by atoms with Crippen molar-refractivity contribution < 1.29 is 4.79 Å². The number of amides is 1. The van der Waals surface area contributed by atoms with Crippen LogP contribution in [0.5, 0.6) is 0 Å². The molecule has 1 fully saturated rings. The molecule has 0 saturated heterocycles. The van der Waals surface area contributed by atoms with E-state index in [0.29, 0.717) is 6.42 Å². The molecule has 4 unspecified atom stereocenters. The van der Waals surface area contributed by atoms with Crippen molar-refractivity contribution in [2.24, 2.45) is 29.4 Å². The minimum absolute atomic E-state index is 0.151. The van der Waals surface area contributed by atoms with Crippen LogP contribution in [0.3, 0.4) is 0 Å². The number of allylic oxidation sites excluding steroid dienone is 2. The minimum Gasteiger partial charge on any atom is -0.370 e. The lowest BCUT2D eigenvalue weighted by molar-refractivity contribution is -0.118. The Morgan fingerprint density at radius 3 is 2.60 bits per heavy atom. The molecular weight excluding hydrogens is 186 g/mol. The zero-order valence-electron chi connectivity index (χ0n) is 9.49. The van der Waals surface area contributed by atoms with Gasteiger partial charge in [-0.3, -0.25) is 4.79 Å². The summed E-state index contributed by atoms with van der Waals surface area (Å²) in [4.78, 5) is 10.7. The first-order chi connectivity index (χ1) is 7.22. The van der Waals surface area contributed by atoms with Crippen molar-refractivity contribution in [3.05, 3.63) is 12.2 Å². The van der Waals surface area contributed by atoms with E-state index in [-0.39, 0.29) is 5.91 Å². The standard InChI is InChI=1S/C13H21NO/c1-2-11-9-6-7-10(8-9)12(11)4-3-5-13(14)15/h6-7,9-12H,2-5,8H2,1H3,(H2,14,15). The van der Waals surface area contributed by atoms with E-state index in [9.17, 15) is 4.79 Å². The maximum absolute atomic E-state index is 10.7. The van der Waals surface area contributed by atoms with E-state index in [4.69, 9.17) is 5.73 Å². The van der Waals surface area contributed by atoms with Gasteiger partial charge in [-0.2, -0.15) is 0 Å². The van der Waals surface area contributed by atoms with E-state index in [1.807, 2.05) is 0 Å². The van der Waals surface area contributed by atoms with Gasteiger partial charge in [-0.15, -0.1) is 0 Å². The molecule has 4 atom stereocenters. The molecule has 0 aromatic rings. The molecule has 0 spiro atoms. The molecule has 2 heteroatoms. The summed E-state index contributed by atoms with van der Waals surface area (Å²) in [5.74, 6) is 3.17. The maximum atomic E-state index is 10.7. The number of fused-ring (bicyclic) bond motifs is 2. The quantitative estimate of drug-likeness (QED) is 0.691. The number of rotatable bonds is 5. The normalized spacial score (nSPS) is 37.4. The van der Waals surface area contributed by atoms with E-state index < -0.39 is 0 Å². The van der Waals surface area contributed by atoms with Crippen molar-refractivity contribution in [3.63, 3.8) is 0 Å². The summed E-state index contributed by atoms with van der Waals surface area (Å²) in [5.41, 5.74) is 5.17. The van der Waals surface area contributed by atoms with Crippen LogP contribution in [0.4, 0.5) is 0 Å². The van der Waals surface area contributed by atoms with Crippen LogP contribution in [0.25, 0.3) is 0 Å². The first kappa shape index (κ1) is 10.7. The van der Waals surface area contributed by atoms with Crippen LogP contribution in [-0.2, 0) is 4.79 Å². The minimum atomic E-state index is -0.151. The molecule has 0 heterocycles. The third kappa shape index (κ3) is 2.09. The largest absolute Gasteiger partial charge is 0.370 e. The van der Waals surface area contributed by atoms with Gasteiger partial charge >= 0.3 is 0 Å². The van der Waals surface area contributed by atoms with Crippen molar-refractivity contribution in [2.75, 3.05) is 0 Å². The summed E-state index contributed by atoms with van der Waals surface area (Å²) >= 11 is 0. The topological polar surface area (TPSA) is 43.1 Å². The van der Waals surface area contributed by atoms with Gasteiger partial charge in [-0.25, -0.2) is 0 Å². The van der Waals surface area contributed by atoms with E-state index in [0.717, 1.165) is 30.1 Å². The molecule has 1 amide bonds. The molecule has 2 rings (SSSR count). The highest BCUT2D eigenvalue weighted by molar-refractivity contribution is 5.73. The highest BCUT2D eigenvalue weighted by Crippen LogP contribution is 2.51. The predicted octanol–water partition coefficient (Wildman–Crippen LogP) is 2.49. The third-order valence-corrected chi connectivity index (χ3v) is 4.23. The first-order valence-electron chi connectivity index (χ1n) is 6.19. The van der Waals surface area contributed by atoms with Gasteiger partial charge in [0.15, 0.2) is 0 Å². The molecule has 0 aromatic carbocycles. The molecular formula is C13H21NO. The Kier molecular flexibility index (Phi) is 3.13. The SMILES string of the molecule is CCC1C2C=CC(C2)C1CCCC(N)=O. The van der Waals surface area contributed by atoms with Crippen LogP contribution in [0.2, 0.25) is 0 Å². The number of hydrogen-bond acceptors (Lipinski definition) is 1. The van der Waals surface area contributed by atoms with E-state index >= 15 is 0 Å². The molecule has 2 bridgehead atoms. The zero-order valence-corrected chi connectivity index (χ0v) is 9.49. The van der Waals surface area contributed by atoms with Gasteiger partial charge in [-0.05, 0) is 42.9 Å². The summed E-state index contributed by atoms with van der Waals surface area (Å²) in [7, 11) is 0. The molecule has 0 aliphatic heterocycles. The molecule has 2 aliphatic carbocycles. The van der Waals surface area contributed by atoms with E-state index in [1.54, 1.807) is 0 Å². The average Bonchev–Trinajstić information content (AvgIpc) is 2.76. The Morgan fingerprint density at radius 2 is 2.00 bits per heavy atom. The summed E-state index contributed by atoms with van der Waals surface area (Å²) in [6.07, 6.45) is 10.2. The van der Waals surface area contributed by atoms with Gasteiger partial charge in [-0.1, -0.05) is 25.5 Å². The van der Waals surface area contributed by atoms with Crippen molar-refractivity contribution in [3.8, 4) is 0 Å². The zero-order chi connectivity index (χ0) is 10.8. The van der Waals surface area contributed by atoms with Gasteiger partial charge in [0.1, 0.15) is 0 Å². The lowest BCUT2D eigenvalue weighted by Crippen LogP contribution is -2.19. The second-order valence-corrected chi connectivity index (χ2v) is 5.04. The molecule has 15 heavy (non-hydrogen) atoms. The lowest BCUT2D eigenvalue weighted by atomic mass is 9.78. The molecule has 84 valence electrons. The Labute approximate surface area is 91.9 Å². The fourth-order valence-corrected chi connectivity index (χ4v) is 3.57. The van der Waals surface area contributed by atoms with Crippen molar-refractivity contribution >= 4 is 5.91 Å². The molecule has 2 N–H and O–H groups in total. The lowest BCUT2D eigenvalue weighted by Gasteiger charge is -2.26. The summed E-state index contributed by atoms with van der Waals surface area (Å²) < 4.78 is 0. The number of hydrogen-bond donors (Lipinski definition) is 1. The first-order valence-corrected chi connectivity index (χ1v) is 6.19. The van der Waals surface area contributed by atoms with Crippen LogP contribution in [0.1, 0.15) is 39.0 Å². The van der Waals surface area contributed by atoms with Gasteiger partial charge in [0.05, 0.1) is 0 Å². The van der Waals surface area contributed by atoms with Crippen LogP contribution in [0, 0.1) is 23.7 Å². The molecule has 1 saturated carbocycles. The Hall–Kier alpha value is -0.790. The monoisotopic (exact) mass is 207 g/mol. The molecule has 0 radical (unpaired) electrons. The number of nitrogens with two attached hydrogens (primary N) is 1. The van der Waals surface area contributed by atoms with Gasteiger partial charge < -0.3 is 5.73 Å². The number of carbonyl (C=O) groups excluding carboxylic acids is 1. The van der Waals surface area contributed by atoms with E-state index in [2.05, 4.69) is 19.1 Å². The Morgan fingerprint density at radius 1 is 1.33 bits per heavy atom. The smallest absolute Gasteiger partial charge is 0.217 e. The van der Waals surface area contributed by atoms with Crippen molar-refractivity contribution in [1.82, 2.24) is 0 Å². The molecule has 2 aliphatic rings. The third-order valence-electron chi connectivity index (χ3n) is 4.23. The van der Waals surface area contributed by atoms with Crippen molar-refractivity contribution in [1.29, 1.82) is 0 Å². The summed E-state index contributed by atoms with van der Waals surface area (Å²) in [5, 5.41) is 0. The number of carbonyl (C=O) groups is 1. The predicted molar refractivity (Wildman–Crippen MR) is 61.1 cm³/mol. The van der Waals surface area contributed by atoms with Crippen LogP contribution in [-0.4, -0.2) is 5.91 Å². The summed E-state index contributed by atoms with van der Waals surface area (Å²) in [6, 6.07) is 0. The molecule has 0 aromatic heterocycles.